The molecule has 0 amide bonds. The van der Waals surface area contributed by atoms with E-state index < -0.39 is 6.04 Å². The molecule has 1 aliphatic carbocycles. The number of halogens is 1. The summed E-state index contributed by atoms with van der Waals surface area (Å²) in [4.78, 5) is 19.3. The Labute approximate surface area is 228 Å². The average Bonchev–Trinajstić information content (AvgIpc) is 3.27. The highest BCUT2D eigenvalue weighted by atomic mass is 32.1. The maximum atomic E-state index is 13.9. The quantitative estimate of drug-likeness (QED) is 0.307. The minimum absolute atomic E-state index is 0.0582. The second kappa shape index (κ2) is 9.47. The molecule has 0 fully saturated rings. The highest BCUT2D eigenvalue weighted by molar-refractivity contribution is 7.07. The summed E-state index contributed by atoms with van der Waals surface area (Å²) >= 11 is 1.28. The molecule has 1 atom stereocenters. The number of aliphatic hydroxyl groups is 1. The van der Waals surface area contributed by atoms with E-state index in [1.165, 1.54) is 41.0 Å². The molecule has 192 valence electrons. The van der Waals surface area contributed by atoms with Crippen LogP contribution in [0.5, 0.6) is 0 Å². The maximum absolute atomic E-state index is 13.9. The molecule has 6 heteroatoms. The number of aliphatic hydroxyl groups excluding tert-OH is 1. The summed E-state index contributed by atoms with van der Waals surface area (Å²) in [5.74, 6) is -0.271. The molecule has 7 rings (SSSR count). The van der Waals surface area contributed by atoms with Gasteiger partial charge in [-0.25, -0.2) is 9.38 Å². The van der Waals surface area contributed by atoms with Gasteiger partial charge >= 0.3 is 0 Å². The van der Waals surface area contributed by atoms with Gasteiger partial charge in [0.05, 0.1) is 4.53 Å². The van der Waals surface area contributed by atoms with Gasteiger partial charge in [-0.2, -0.15) is 0 Å². The molecule has 4 nitrogen and oxygen atoms in total. The molecule has 1 N–H and O–H groups in total. The van der Waals surface area contributed by atoms with E-state index in [-0.39, 0.29) is 17.1 Å². The Morgan fingerprint density at radius 1 is 0.923 bits per heavy atom. The first kappa shape index (κ1) is 23.8. The van der Waals surface area contributed by atoms with Gasteiger partial charge in [-0.05, 0) is 83.0 Å². The number of hydrogen-bond acceptors (Lipinski definition) is 4. The summed E-state index contributed by atoms with van der Waals surface area (Å²) in [6.45, 7) is 0. The van der Waals surface area contributed by atoms with E-state index in [9.17, 15) is 14.3 Å². The third-order valence-electron chi connectivity index (χ3n) is 7.71. The van der Waals surface area contributed by atoms with E-state index in [4.69, 9.17) is 4.99 Å². The van der Waals surface area contributed by atoms with Crippen LogP contribution in [0.25, 0.3) is 22.5 Å². The van der Waals surface area contributed by atoms with Gasteiger partial charge in [0.2, 0.25) is 0 Å². The fourth-order valence-electron chi connectivity index (χ4n) is 5.78. The number of aromatic nitrogens is 1. The molecule has 39 heavy (non-hydrogen) atoms. The highest BCUT2D eigenvalue weighted by Gasteiger charge is 2.31. The minimum Gasteiger partial charge on any atom is -0.507 e. The lowest BCUT2D eigenvalue weighted by atomic mass is 9.89. The minimum atomic E-state index is -0.728. The summed E-state index contributed by atoms with van der Waals surface area (Å²) in [5.41, 5.74) is 5.33. The first-order valence-electron chi connectivity index (χ1n) is 13.2. The molecule has 0 saturated heterocycles. The standard InChI is InChI=1S/C33H25FN2O2S/c34-25-16-12-20(13-17-25)18-28-32(38)36-30(27-11-5-9-22-7-3-4-10-26(22)27)31(37)29(35-33(36)39-28)24-15-14-21-6-1-2-8-23(21)19-24/h3-5,7,9-19,30,37H,1-2,6,8H2/b28-18+. The number of allylic oxidation sites excluding steroid dienone is 1. The van der Waals surface area contributed by atoms with Crippen LogP contribution in [-0.2, 0) is 12.8 Å². The SMILES string of the molecule is O=c1/c(=C\c2ccc(F)cc2)sc2n1C(c1cccc3ccccc13)C(O)=C(c1ccc3c(c1)CCCC3)N=2. The molecule has 0 radical (unpaired) electrons. The summed E-state index contributed by atoms with van der Waals surface area (Å²) < 4.78 is 15.6. The number of fused-ring (bicyclic) bond motifs is 3. The summed E-state index contributed by atoms with van der Waals surface area (Å²) in [6, 6.07) is 25.6. The van der Waals surface area contributed by atoms with Gasteiger partial charge in [-0.1, -0.05) is 78.1 Å². The molecule has 0 spiro atoms. The predicted molar refractivity (Wildman–Crippen MR) is 154 cm³/mol. The van der Waals surface area contributed by atoms with Gasteiger partial charge in [-0.15, -0.1) is 0 Å². The van der Waals surface area contributed by atoms with Crippen LogP contribution < -0.4 is 14.9 Å². The lowest BCUT2D eigenvalue weighted by Crippen LogP contribution is -2.38. The van der Waals surface area contributed by atoms with Crippen molar-refractivity contribution >= 4 is 33.9 Å². The van der Waals surface area contributed by atoms with Crippen molar-refractivity contribution in [2.75, 3.05) is 0 Å². The largest absolute Gasteiger partial charge is 0.507 e. The summed E-state index contributed by atoms with van der Waals surface area (Å²) in [5, 5.41) is 13.9. The first-order chi connectivity index (χ1) is 19.1. The Balaban J connectivity index is 1.49. The molecule has 0 bridgehead atoms. The average molecular weight is 533 g/mol. The van der Waals surface area contributed by atoms with Crippen LogP contribution in [-0.4, -0.2) is 9.67 Å². The van der Waals surface area contributed by atoms with Gasteiger partial charge in [0.1, 0.15) is 23.3 Å². The molecule has 0 saturated carbocycles. The van der Waals surface area contributed by atoms with Crippen LogP contribution in [0.4, 0.5) is 4.39 Å². The number of aryl methyl sites for hydroxylation is 2. The van der Waals surface area contributed by atoms with Crippen molar-refractivity contribution in [2.24, 2.45) is 4.99 Å². The lowest BCUT2D eigenvalue weighted by Gasteiger charge is -2.25. The van der Waals surface area contributed by atoms with Crippen LogP contribution in [0, 0.1) is 5.82 Å². The number of rotatable bonds is 3. The van der Waals surface area contributed by atoms with Crippen LogP contribution in [0.2, 0.25) is 0 Å². The monoisotopic (exact) mass is 532 g/mol. The number of thiazole rings is 1. The second-order valence-corrected chi connectivity index (χ2v) is 11.1. The first-order valence-corrected chi connectivity index (χ1v) is 14.0. The molecule has 4 aromatic carbocycles. The molecule has 2 aliphatic rings. The van der Waals surface area contributed by atoms with E-state index in [1.54, 1.807) is 22.8 Å². The summed E-state index contributed by atoms with van der Waals surface area (Å²) in [7, 11) is 0. The fourth-order valence-corrected chi connectivity index (χ4v) is 6.78. The van der Waals surface area contributed by atoms with E-state index in [2.05, 4.69) is 12.1 Å². The molecule has 5 aromatic rings. The van der Waals surface area contributed by atoms with Crippen LogP contribution >= 0.6 is 11.3 Å². The number of benzene rings is 4. The number of nitrogens with zero attached hydrogens (tertiary/aromatic N) is 2. The third-order valence-corrected chi connectivity index (χ3v) is 8.69. The predicted octanol–water partition coefficient (Wildman–Crippen LogP) is 6.06. The zero-order valence-electron chi connectivity index (χ0n) is 21.1. The van der Waals surface area contributed by atoms with Crippen molar-refractivity contribution in [2.45, 2.75) is 31.7 Å². The van der Waals surface area contributed by atoms with Gasteiger partial charge in [-0.3, -0.25) is 9.36 Å². The third kappa shape index (κ3) is 4.12. The maximum Gasteiger partial charge on any atom is 0.271 e. The van der Waals surface area contributed by atoms with Crippen molar-refractivity contribution < 1.29 is 9.50 Å². The Hall–Kier alpha value is -4.29. The van der Waals surface area contributed by atoms with Crippen molar-refractivity contribution in [1.82, 2.24) is 4.57 Å². The molecule has 1 aromatic heterocycles. The number of hydrogen-bond donors (Lipinski definition) is 1. The van der Waals surface area contributed by atoms with Crippen LogP contribution in [0.15, 0.2) is 100 Å². The van der Waals surface area contributed by atoms with Crippen LogP contribution in [0.1, 0.15) is 46.7 Å². The zero-order chi connectivity index (χ0) is 26.5. The molecule has 1 aliphatic heterocycles. The van der Waals surface area contributed by atoms with Gasteiger partial charge in [0.25, 0.3) is 5.56 Å². The van der Waals surface area contributed by atoms with E-state index in [1.807, 2.05) is 48.5 Å². The molecular formula is C33H25FN2O2S. The van der Waals surface area contributed by atoms with Crippen molar-refractivity contribution in [3.63, 3.8) is 0 Å². The fraction of sp³-hybridized carbons (Fsp3) is 0.152. The topological polar surface area (TPSA) is 54.6 Å². The van der Waals surface area contributed by atoms with Gasteiger partial charge in [0, 0.05) is 5.56 Å². The smallest absolute Gasteiger partial charge is 0.271 e. The van der Waals surface area contributed by atoms with Crippen molar-refractivity contribution in [3.8, 4) is 0 Å². The van der Waals surface area contributed by atoms with Crippen molar-refractivity contribution in [1.29, 1.82) is 0 Å². The molecular weight excluding hydrogens is 507 g/mol. The van der Waals surface area contributed by atoms with E-state index >= 15 is 0 Å². The Morgan fingerprint density at radius 3 is 2.54 bits per heavy atom. The van der Waals surface area contributed by atoms with Gasteiger partial charge < -0.3 is 5.11 Å². The lowest BCUT2D eigenvalue weighted by molar-refractivity contribution is 0.342. The Bertz CT molecular complexity index is 1960. The highest BCUT2D eigenvalue weighted by Crippen LogP contribution is 2.36. The second-order valence-electron chi connectivity index (χ2n) is 10.1. The van der Waals surface area contributed by atoms with E-state index in [0.717, 1.165) is 46.7 Å². The molecule has 1 unspecified atom stereocenters. The van der Waals surface area contributed by atoms with Gasteiger partial charge in [0.15, 0.2) is 4.80 Å². The zero-order valence-corrected chi connectivity index (χ0v) is 21.9. The Kier molecular flexibility index (Phi) is 5.78. The normalized spacial score (nSPS) is 17.2. The summed E-state index contributed by atoms with van der Waals surface area (Å²) in [6.07, 6.45) is 6.20. The van der Waals surface area contributed by atoms with Crippen molar-refractivity contribution in [3.05, 3.63) is 144 Å². The Morgan fingerprint density at radius 2 is 1.69 bits per heavy atom. The van der Waals surface area contributed by atoms with Crippen LogP contribution in [0.3, 0.4) is 0 Å². The molecule has 2 heterocycles. The van der Waals surface area contributed by atoms with E-state index in [0.29, 0.717) is 15.0 Å².